The lowest BCUT2D eigenvalue weighted by atomic mass is 9.83. The van der Waals surface area contributed by atoms with Crippen molar-refractivity contribution in [2.75, 3.05) is 39.3 Å². The number of carbonyl (C=O) groups excluding carboxylic acids is 1. The number of hydrogen-bond donors (Lipinski definition) is 0. The molecule has 164 valence electrons. The quantitative estimate of drug-likeness (QED) is 0.657. The predicted octanol–water partition coefficient (Wildman–Crippen LogP) is 3.96. The van der Waals surface area contributed by atoms with E-state index in [9.17, 15) is 4.79 Å². The largest absolute Gasteiger partial charge is 0.492 e. The SMILES string of the molecule is O=C1OC2(CCN(Cc3ccccc3)CC2)c2c(F)cc(OCCN3CCCC3)cc21. The van der Waals surface area contributed by atoms with Crippen LogP contribution in [-0.2, 0) is 16.9 Å². The lowest BCUT2D eigenvalue weighted by Gasteiger charge is -2.38. The molecule has 0 bridgehead atoms. The van der Waals surface area contributed by atoms with Gasteiger partial charge in [0.2, 0.25) is 0 Å². The van der Waals surface area contributed by atoms with Crippen molar-refractivity contribution >= 4 is 5.97 Å². The second-order valence-electron chi connectivity index (χ2n) is 8.87. The van der Waals surface area contributed by atoms with Crippen LogP contribution < -0.4 is 4.74 Å². The van der Waals surface area contributed by atoms with Crippen molar-refractivity contribution in [3.05, 3.63) is 65.0 Å². The van der Waals surface area contributed by atoms with Crippen LogP contribution in [-0.4, -0.2) is 55.1 Å². The first-order chi connectivity index (χ1) is 15.1. The summed E-state index contributed by atoms with van der Waals surface area (Å²) in [6.07, 6.45) is 3.66. The normalized spacial score (nSPS) is 20.7. The maximum Gasteiger partial charge on any atom is 0.339 e. The lowest BCUT2D eigenvalue weighted by molar-refractivity contribution is -0.0454. The van der Waals surface area contributed by atoms with Crippen LogP contribution in [0.15, 0.2) is 42.5 Å². The fourth-order valence-electron chi connectivity index (χ4n) is 5.14. The molecule has 2 aromatic rings. The molecule has 0 amide bonds. The minimum atomic E-state index is -0.849. The van der Waals surface area contributed by atoms with Crippen molar-refractivity contribution in [2.24, 2.45) is 0 Å². The van der Waals surface area contributed by atoms with E-state index in [0.29, 0.717) is 36.3 Å². The highest BCUT2D eigenvalue weighted by molar-refractivity contribution is 5.95. The topological polar surface area (TPSA) is 42.0 Å². The molecule has 6 heteroatoms. The van der Waals surface area contributed by atoms with Crippen LogP contribution in [0.2, 0.25) is 0 Å². The van der Waals surface area contributed by atoms with E-state index >= 15 is 4.39 Å². The highest BCUT2D eigenvalue weighted by Crippen LogP contribution is 2.46. The van der Waals surface area contributed by atoms with Crippen molar-refractivity contribution in [2.45, 2.75) is 37.8 Å². The molecule has 5 rings (SSSR count). The molecular formula is C25H29FN2O3. The second-order valence-corrected chi connectivity index (χ2v) is 8.87. The molecule has 31 heavy (non-hydrogen) atoms. The Bertz CT molecular complexity index is 935. The van der Waals surface area contributed by atoms with Gasteiger partial charge in [-0.1, -0.05) is 30.3 Å². The Hall–Kier alpha value is -2.44. The summed E-state index contributed by atoms with van der Waals surface area (Å²) < 4.78 is 26.8. The number of hydrogen-bond acceptors (Lipinski definition) is 5. The number of piperidine rings is 1. The predicted molar refractivity (Wildman–Crippen MR) is 116 cm³/mol. The Labute approximate surface area is 182 Å². The van der Waals surface area contributed by atoms with Gasteiger partial charge in [0.05, 0.1) is 5.56 Å². The molecule has 2 aromatic carbocycles. The molecule has 0 saturated carbocycles. The Morgan fingerprint density at radius 2 is 1.74 bits per heavy atom. The van der Waals surface area contributed by atoms with Gasteiger partial charge in [0.15, 0.2) is 0 Å². The van der Waals surface area contributed by atoms with Gasteiger partial charge in [-0.3, -0.25) is 9.80 Å². The van der Waals surface area contributed by atoms with Crippen LogP contribution in [0.25, 0.3) is 0 Å². The van der Waals surface area contributed by atoms with Gasteiger partial charge in [0, 0.05) is 50.7 Å². The van der Waals surface area contributed by atoms with E-state index in [-0.39, 0.29) is 0 Å². The molecule has 0 aliphatic carbocycles. The first-order valence-corrected chi connectivity index (χ1v) is 11.3. The third-order valence-corrected chi connectivity index (χ3v) is 6.82. The molecule has 2 saturated heterocycles. The summed E-state index contributed by atoms with van der Waals surface area (Å²) in [6, 6.07) is 13.4. The monoisotopic (exact) mass is 424 g/mol. The van der Waals surface area contributed by atoms with Crippen LogP contribution in [0.4, 0.5) is 4.39 Å². The zero-order valence-electron chi connectivity index (χ0n) is 17.8. The Balaban J connectivity index is 1.26. The standard InChI is InChI=1S/C25H29FN2O3/c26-22-17-20(30-15-14-27-10-4-5-11-27)16-21-23(22)25(31-24(21)29)8-12-28(13-9-25)18-19-6-2-1-3-7-19/h1-3,6-7,16-17H,4-5,8-15,18H2. The Morgan fingerprint density at radius 1 is 1.00 bits per heavy atom. The van der Waals surface area contributed by atoms with E-state index in [1.54, 1.807) is 6.07 Å². The molecule has 0 aromatic heterocycles. The highest BCUT2D eigenvalue weighted by Gasteiger charge is 2.49. The summed E-state index contributed by atoms with van der Waals surface area (Å²) in [5, 5.41) is 0. The number of esters is 1. The number of carbonyl (C=O) groups is 1. The number of likely N-dealkylation sites (tertiary alicyclic amines) is 2. The van der Waals surface area contributed by atoms with Crippen molar-refractivity contribution in [1.29, 1.82) is 0 Å². The fourth-order valence-corrected chi connectivity index (χ4v) is 5.14. The van der Waals surface area contributed by atoms with Crippen LogP contribution >= 0.6 is 0 Å². The van der Waals surface area contributed by atoms with E-state index in [1.165, 1.54) is 24.5 Å². The van der Waals surface area contributed by atoms with E-state index in [0.717, 1.165) is 39.3 Å². The van der Waals surface area contributed by atoms with Crippen LogP contribution in [0.3, 0.4) is 0 Å². The summed E-state index contributed by atoms with van der Waals surface area (Å²) in [4.78, 5) is 17.3. The van der Waals surface area contributed by atoms with Gasteiger partial charge < -0.3 is 9.47 Å². The van der Waals surface area contributed by atoms with Crippen molar-refractivity contribution in [3.8, 4) is 5.75 Å². The molecule has 0 N–H and O–H groups in total. The van der Waals surface area contributed by atoms with Gasteiger partial charge >= 0.3 is 5.97 Å². The highest BCUT2D eigenvalue weighted by atomic mass is 19.1. The van der Waals surface area contributed by atoms with Crippen molar-refractivity contribution in [3.63, 3.8) is 0 Å². The van der Waals surface area contributed by atoms with Gasteiger partial charge in [-0.25, -0.2) is 9.18 Å². The summed E-state index contributed by atoms with van der Waals surface area (Å²) in [6.45, 7) is 5.88. The van der Waals surface area contributed by atoms with Crippen LogP contribution in [0, 0.1) is 5.82 Å². The molecule has 0 unspecified atom stereocenters. The summed E-state index contributed by atoms with van der Waals surface area (Å²) >= 11 is 0. The number of halogens is 1. The van der Waals surface area contributed by atoms with Crippen LogP contribution in [0.5, 0.6) is 5.75 Å². The molecule has 3 heterocycles. The Kier molecular flexibility index (Phi) is 5.67. The second kappa shape index (κ2) is 8.60. The summed E-state index contributed by atoms with van der Waals surface area (Å²) in [7, 11) is 0. The van der Waals surface area contributed by atoms with Crippen LogP contribution in [0.1, 0.15) is 47.2 Å². The van der Waals surface area contributed by atoms with Gasteiger partial charge in [-0.2, -0.15) is 0 Å². The average Bonchev–Trinajstić information content (AvgIpc) is 3.38. The number of nitrogens with zero attached hydrogens (tertiary/aromatic N) is 2. The van der Waals surface area contributed by atoms with E-state index < -0.39 is 17.4 Å². The van der Waals surface area contributed by atoms with Crippen molar-refractivity contribution in [1.82, 2.24) is 9.80 Å². The smallest absolute Gasteiger partial charge is 0.339 e. The zero-order valence-corrected chi connectivity index (χ0v) is 17.8. The molecule has 5 nitrogen and oxygen atoms in total. The van der Waals surface area contributed by atoms with E-state index in [1.807, 2.05) is 18.2 Å². The first-order valence-electron chi connectivity index (χ1n) is 11.3. The molecule has 1 spiro atoms. The summed E-state index contributed by atoms with van der Waals surface area (Å²) in [5.41, 5.74) is 1.15. The number of rotatable bonds is 6. The number of benzene rings is 2. The molecule has 3 aliphatic rings. The third-order valence-electron chi connectivity index (χ3n) is 6.82. The Morgan fingerprint density at radius 3 is 2.48 bits per heavy atom. The number of fused-ring (bicyclic) bond motifs is 2. The molecular weight excluding hydrogens is 395 g/mol. The third kappa shape index (κ3) is 4.19. The first kappa shape index (κ1) is 20.5. The number of ether oxygens (including phenoxy) is 2. The molecule has 0 atom stereocenters. The van der Waals surface area contributed by atoms with E-state index in [4.69, 9.17) is 9.47 Å². The average molecular weight is 425 g/mol. The van der Waals surface area contributed by atoms with Gasteiger partial charge in [-0.15, -0.1) is 0 Å². The minimum Gasteiger partial charge on any atom is -0.492 e. The maximum absolute atomic E-state index is 15.2. The van der Waals surface area contributed by atoms with Gasteiger partial charge in [-0.05, 0) is 37.6 Å². The summed E-state index contributed by atoms with van der Waals surface area (Å²) in [5.74, 6) is -0.419. The minimum absolute atomic E-state index is 0.327. The van der Waals surface area contributed by atoms with E-state index in [2.05, 4.69) is 21.9 Å². The molecule has 2 fully saturated rings. The van der Waals surface area contributed by atoms with Gasteiger partial charge in [0.25, 0.3) is 0 Å². The van der Waals surface area contributed by atoms with Gasteiger partial charge in [0.1, 0.15) is 23.8 Å². The zero-order chi connectivity index (χ0) is 21.3. The molecule has 3 aliphatic heterocycles. The molecule has 0 radical (unpaired) electrons. The fraction of sp³-hybridized carbons (Fsp3) is 0.480. The maximum atomic E-state index is 15.2. The lowest BCUT2D eigenvalue weighted by Crippen LogP contribution is -2.42. The van der Waals surface area contributed by atoms with Crippen molar-refractivity contribution < 1.29 is 18.7 Å².